The molecule has 3 heteroatoms. The van der Waals surface area contributed by atoms with E-state index in [-0.39, 0.29) is 5.82 Å². The average Bonchev–Trinajstić information content (AvgIpc) is 2.98. The second-order valence-corrected chi connectivity index (χ2v) is 3.62. The second-order valence-electron chi connectivity index (χ2n) is 3.62. The zero-order chi connectivity index (χ0) is 9.97. The lowest BCUT2D eigenvalue weighted by Crippen LogP contribution is -2.03. The first kappa shape index (κ1) is 9.31. The first-order chi connectivity index (χ1) is 6.81. The van der Waals surface area contributed by atoms with Gasteiger partial charge in [-0.3, -0.25) is 0 Å². The number of ether oxygens (including phenoxy) is 1. The summed E-state index contributed by atoms with van der Waals surface area (Å²) < 4.78 is 18.8. The van der Waals surface area contributed by atoms with Gasteiger partial charge in [0.05, 0.1) is 6.61 Å². The highest BCUT2D eigenvalue weighted by atomic mass is 19.1. The molecule has 0 saturated heterocycles. The Morgan fingerprint density at radius 1 is 1.50 bits per heavy atom. The summed E-state index contributed by atoms with van der Waals surface area (Å²) in [7, 11) is 1.70. The van der Waals surface area contributed by atoms with Crippen molar-refractivity contribution >= 4 is 5.69 Å². The average molecular weight is 195 g/mol. The van der Waals surface area contributed by atoms with E-state index in [1.807, 2.05) is 0 Å². The fourth-order valence-corrected chi connectivity index (χ4v) is 1.36. The molecule has 14 heavy (non-hydrogen) atoms. The minimum absolute atomic E-state index is 0.263. The number of halogens is 1. The Morgan fingerprint density at radius 2 is 2.29 bits per heavy atom. The van der Waals surface area contributed by atoms with E-state index in [0.29, 0.717) is 24.0 Å². The van der Waals surface area contributed by atoms with Crippen molar-refractivity contribution in [2.24, 2.45) is 5.92 Å². The third-order valence-electron chi connectivity index (χ3n) is 2.40. The van der Waals surface area contributed by atoms with E-state index in [4.69, 9.17) is 4.74 Å². The summed E-state index contributed by atoms with van der Waals surface area (Å²) in [6.07, 6.45) is 2.48. The summed E-state index contributed by atoms with van der Waals surface area (Å²) in [6, 6.07) is 4.88. The number of rotatable bonds is 4. The van der Waals surface area contributed by atoms with Crippen LogP contribution in [0.3, 0.4) is 0 Å². The number of anilines is 1. The largest absolute Gasteiger partial charge is 0.491 e. The molecule has 76 valence electrons. The molecule has 0 bridgehead atoms. The number of nitrogens with one attached hydrogen (secondary N) is 1. The summed E-state index contributed by atoms with van der Waals surface area (Å²) in [5.74, 6) is 1.03. The molecule has 2 nitrogen and oxygen atoms in total. The van der Waals surface area contributed by atoms with Gasteiger partial charge in [-0.1, -0.05) is 6.07 Å². The third kappa shape index (κ3) is 1.97. The highest BCUT2D eigenvalue weighted by Crippen LogP contribution is 2.32. The fourth-order valence-electron chi connectivity index (χ4n) is 1.36. The van der Waals surface area contributed by atoms with Crippen LogP contribution >= 0.6 is 0 Å². The van der Waals surface area contributed by atoms with Crippen LogP contribution in [-0.4, -0.2) is 13.7 Å². The zero-order valence-corrected chi connectivity index (χ0v) is 8.22. The maximum absolute atomic E-state index is 13.2. The van der Waals surface area contributed by atoms with E-state index < -0.39 is 0 Å². The van der Waals surface area contributed by atoms with Gasteiger partial charge in [-0.05, 0) is 30.9 Å². The van der Waals surface area contributed by atoms with Crippen LogP contribution in [0.25, 0.3) is 0 Å². The van der Waals surface area contributed by atoms with E-state index in [0.717, 1.165) is 0 Å². The van der Waals surface area contributed by atoms with Crippen molar-refractivity contribution in [3.05, 3.63) is 24.0 Å². The van der Waals surface area contributed by atoms with Crippen molar-refractivity contribution in [2.45, 2.75) is 12.8 Å². The zero-order valence-electron chi connectivity index (χ0n) is 8.22. The van der Waals surface area contributed by atoms with Crippen LogP contribution in [-0.2, 0) is 0 Å². The molecule has 0 aromatic heterocycles. The Bertz CT molecular complexity index is 323. The monoisotopic (exact) mass is 195 g/mol. The number of para-hydroxylation sites is 1. The van der Waals surface area contributed by atoms with Gasteiger partial charge in [-0.25, -0.2) is 4.39 Å². The minimum Gasteiger partial charge on any atom is -0.491 e. The van der Waals surface area contributed by atoms with Gasteiger partial charge in [0.1, 0.15) is 17.3 Å². The maximum Gasteiger partial charge on any atom is 0.150 e. The summed E-state index contributed by atoms with van der Waals surface area (Å²) >= 11 is 0. The van der Waals surface area contributed by atoms with E-state index in [1.54, 1.807) is 19.2 Å². The standard InChI is InChI=1S/C11H14FNO/c1-13-11-9(12)3-2-4-10(11)14-7-8-5-6-8/h2-4,8,13H,5-7H2,1H3. The molecule has 2 rings (SSSR count). The Balaban J connectivity index is 2.09. The topological polar surface area (TPSA) is 21.3 Å². The molecule has 0 aliphatic heterocycles. The lowest BCUT2D eigenvalue weighted by Gasteiger charge is -2.11. The van der Waals surface area contributed by atoms with E-state index in [2.05, 4.69) is 5.32 Å². The highest BCUT2D eigenvalue weighted by molar-refractivity contribution is 5.56. The summed E-state index contributed by atoms with van der Waals surface area (Å²) in [5.41, 5.74) is 0.452. The molecule has 1 fully saturated rings. The van der Waals surface area contributed by atoms with E-state index in [1.165, 1.54) is 18.9 Å². The molecule has 0 atom stereocenters. The fraction of sp³-hybridized carbons (Fsp3) is 0.455. The third-order valence-corrected chi connectivity index (χ3v) is 2.40. The molecule has 1 aliphatic carbocycles. The minimum atomic E-state index is -0.263. The van der Waals surface area contributed by atoms with Crippen LogP contribution in [0.2, 0.25) is 0 Å². The van der Waals surface area contributed by atoms with Crippen molar-refractivity contribution in [2.75, 3.05) is 19.0 Å². The molecular formula is C11H14FNO. The maximum atomic E-state index is 13.2. The predicted octanol–water partition coefficient (Wildman–Crippen LogP) is 2.66. The number of benzene rings is 1. The van der Waals surface area contributed by atoms with Gasteiger partial charge in [0.2, 0.25) is 0 Å². The molecule has 0 amide bonds. The molecule has 1 aromatic carbocycles. The molecule has 1 aliphatic rings. The Labute approximate surface area is 83.1 Å². The number of hydrogen-bond donors (Lipinski definition) is 1. The quantitative estimate of drug-likeness (QED) is 0.797. The summed E-state index contributed by atoms with van der Waals surface area (Å²) in [4.78, 5) is 0. The molecule has 0 radical (unpaired) electrons. The Hall–Kier alpha value is -1.25. The molecule has 0 heterocycles. The van der Waals surface area contributed by atoms with Crippen LogP contribution in [0.1, 0.15) is 12.8 Å². The SMILES string of the molecule is CNc1c(F)cccc1OCC1CC1. The summed E-state index contributed by atoms with van der Waals surface area (Å²) in [6.45, 7) is 0.706. The molecule has 0 unspecified atom stereocenters. The second kappa shape index (κ2) is 3.86. The van der Waals surface area contributed by atoms with Crippen LogP contribution in [0.5, 0.6) is 5.75 Å². The van der Waals surface area contributed by atoms with Crippen molar-refractivity contribution in [1.29, 1.82) is 0 Å². The first-order valence-electron chi connectivity index (χ1n) is 4.90. The molecule has 1 aromatic rings. The van der Waals surface area contributed by atoms with Crippen molar-refractivity contribution < 1.29 is 9.13 Å². The van der Waals surface area contributed by atoms with Crippen molar-refractivity contribution in [3.63, 3.8) is 0 Å². The van der Waals surface area contributed by atoms with Gasteiger partial charge in [-0.15, -0.1) is 0 Å². The smallest absolute Gasteiger partial charge is 0.150 e. The molecule has 0 spiro atoms. The molecule has 1 N–H and O–H groups in total. The lowest BCUT2D eigenvalue weighted by atomic mass is 10.3. The number of hydrogen-bond acceptors (Lipinski definition) is 2. The van der Waals surface area contributed by atoms with Crippen LogP contribution in [0.15, 0.2) is 18.2 Å². The van der Waals surface area contributed by atoms with E-state index in [9.17, 15) is 4.39 Å². The van der Waals surface area contributed by atoms with Gasteiger partial charge >= 0.3 is 0 Å². The van der Waals surface area contributed by atoms with E-state index >= 15 is 0 Å². The van der Waals surface area contributed by atoms with Gasteiger partial charge in [-0.2, -0.15) is 0 Å². The highest BCUT2D eigenvalue weighted by Gasteiger charge is 2.22. The van der Waals surface area contributed by atoms with Crippen LogP contribution in [0.4, 0.5) is 10.1 Å². The Morgan fingerprint density at radius 3 is 2.93 bits per heavy atom. The van der Waals surface area contributed by atoms with Gasteiger partial charge < -0.3 is 10.1 Å². The normalized spacial score (nSPS) is 15.3. The lowest BCUT2D eigenvalue weighted by molar-refractivity contribution is 0.300. The predicted molar refractivity (Wildman–Crippen MR) is 54.2 cm³/mol. The van der Waals surface area contributed by atoms with Crippen molar-refractivity contribution in [3.8, 4) is 5.75 Å². The van der Waals surface area contributed by atoms with Gasteiger partial charge in [0.15, 0.2) is 0 Å². The van der Waals surface area contributed by atoms with Crippen molar-refractivity contribution in [1.82, 2.24) is 0 Å². The van der Waals surface area contributed by atoms with Gasteiger partial charge in [0.25, 0.3) is 0 Å². The summed E-state index contributed by atoms with van der Waals surface area (Å²) in [5, 5.41) is 2.81. The first-order valence-corrected chi connectivity index (χ1v) is 4.90. The Kier molecular flexibility index (Phi) is 2.57. The molecular weight excluding hydrogens is 181 g/mol. The van der Waals surface area contributed by atoms with Crippen LogP contribution < -0.4 is 10.1 Å². The van der Waals surface area contributed by atoms with Crippen LogP contribution in [0, 0.1) is 11.7 Å². The van der Waals surface area contributed by atoms with Gasteiger partial charge in [0, 0.05) is 7.05 Å². The molecule has 1 saturated carbocycles.